The second-order valence-corrected chi connectivity index (χ2v) is 13.3. The average Bonchev–Trinajstić information content (AvgIpc) is 3.35. The van der Waals surface area contributed by atoms with E-state index in [4.69, 9.17) is 0 Å². The molecule has 4 saturated carbocycles. The maximum absolute atomic E-state index is 13.5. The van der Waals surface area contributed by atoms with Crippen molar-refractivity contribution in [1.29, 1.82) is 0 Å². The number of ketones is 1. The summed E-state index contributed by atoms with van der Waals surface area (Å²) in [5, 5.41) is 10.2. The molecule has 0 aromatic heterocycles. The minimum absolute atomic E-state index is 0.152. The monoisotopic (exact) mass is 426 g/mol. The molecule has 5 aliphatic carbocycles. The molecule has 5 aliphatic rings. The first-order chi connectivity index (χ1) is 14.6. The van der Waals surface area contributed by atoms with Crippen LogP contribution in [0.4, 0.5) is 0 Å². The third-order valence-electron chi connectivity index (χ3n) is 11.7. The zero-order valence-corrected chi connectivity index (χ0v) is 20.7. The van der Waals surface area contributed by atoms with E-state index in [0.717, 1.165) is 48.9 Å². The molecule has 0 aromatic rings. The minimum Gasteiger partial charge on any atom is -0.393 e. The predicted octanol–water partition coefficient (Wildman–Crippen LogP) is 6.81. The summed E-state index contributed by atoms with van der Waals surface area (Å²) in [5.74, 6) is 6.16. The number of aliphatic hydroxyl groups excluding tert-OH is 1. The van der Waals surface area contributed by atoms with Crippen LogP contribution in [0.15, 0.2) is 11.6 Å². The van der Waals surface area contributed by atoms with Crippen LogP contribution in [0.1, 0.15) is 98.8 Å². The third kappa shape index (κ3) is 3.49. The zero-order valence-electron chi connectivity index (χ0n) is 20.7. The predicted molar refractivity (Wildman–Crippen MR) is 126 cm³/mol. The van der Waals surface area contributed by atoms with Crippen molar-refractivity contribution < 1.29 is 9.90 Å². The van der Waals surface area contributed by atoms with Gasteiger partial charge in [0.15, 0.2) is 5.78 Å². The topological polar surface area (TPSA) is 37.3 Å². The van der Waals surface area contributed by atoms with Gasteiger partial charge < -0.3 is 5.11 Å². The molecule has 0 bridgehead atoms. The lowest BCUT2D eigenvalue weighted by Crippen LogP contribution is -2.53. The molecule has 0 radical (unpaired) electrons. The number of aliphatic hydroxyl groups is 1. The van der Waals surface area contributed by atoms with Gasteiger partial charge in [0.05, 0.1) is 6.10 Å². The highest BCUT2D eigenvalue weighted by Gasteiger charge is 2.61. The summed E-state index contributed by atoms with van der Waals surface area (Å²) < 4.78 is 0. The fourth-order valence-corrected chi connectivity index (χ4v) is 9.44. The van der Waals surface area contributed by atoms with Crippen molar-refractivity contribution in [2.45, 2.75) is 105 Å². The summed E-state index contributed by atoms with van der Waals surface area (Å²) in [6.07, 6.45) is 13.8. The molecule has 0 aromatic carbocycles. The molecule has 0 heterocycles. The maximum atomic E-state index is 13.5. The molecule has 11 atom stereocenters. The van der Waals surface area contributed by atoms with Crippen molar-refractivity contribution in [3.05, 3.63) is 11.6 Å². The van der Waals surface area contributed by atoms with Gasteiger partial charge in [-0.15, -0.1) is 0 Å². The summed E-state index contributed by atoms with van der Waals surface area (Å²) in [7, 11) is 0. The van der Waals surface area contributed by atoms with E-state index in [2.05, 4.69) is 34.6 Å². The molecule has 1 N–H and O–H groups in total. The first-order valence-electron chi connectivity index (χ1n) is 13.6. The first kappa shape index (κ1) is 22.2. The molecule has 5 rings (SSSR count). The van der Waals surface area contributed by atoms with Crippen LogP contribution in [0, 0.1) is 58.2 Å². The Morgan fingerprint density at radius 1 is 1.03 bits per heavy atom. The van der Waals surface area contributed by atoms with E-state index in [9.17, 15) is 9.90 Å². The molecule has 0 aliphatic heterocycles. The summed E-state index contributed by atoms with van der Waals surface area (Å²) in [4.78, 5) is 13.5. The summed E-state index contributed by atoms with van der Waals surface area (Å²) in [5.41, 5.74) is 1.77. The van der Waals surface area contributed by atoms with Gasteiger partial charge in [0.25, 0.3) is 0 Å². The summed E-state index contributed by atoms with van der Waals surface area (Å²) in [6.45, 7) is 12.4. The number of allylic oxidation sites excluding steroid dienone is 1. The lowest BCUT2D eigenvalue weighted by molar-refractivity contribution is -0.135. The van der Waals surface area contributed by atoms with Crippen molar-refractivity contribution in [1.82, 2.24) is 0 Å². The smallest absolute Gasteiger partial charge is 0.159 e. The van der Waals surface area contributed by atoms with Gasteiger partial charge in [0.1, 0.15) is 0 Å². The fourth-order valence-electron chi connectivity index (χ4n) is 9.44. The Balaban J connectivity index is 1.32. The van der Waals surface area contributed by atoms with Gasteiger partial charge in [0, 0.05) is 5.92 Å². The second-order valence-electron chi connectivity index (χ2n) is 13.3. The lowest BCUT2D eigenvalue weighted by Gasteiger charge is -2.57. The standard InChI is InChI=1S/C29H46O2/c1-17(22-14-19(22)3)6-7-18(2)23-8-9-24-27-25(11-13-29(23,24)5)28(4)12-10-21(30)15-20(28)16-26(27)31/h16-19,21-25,27,30H,6-15H2,1-5H3/t17-,18+,19+,21-,22-,23+,24-,25-,27-,28-,29+/m0/s1. The quantitative estimate of drug-likeness (QED) is 0.524. The van der Waals surface area contributed by atoms with Crippen molar-refractivity contribution in [2.75, 3.05) is 0 Å². The summed E-state index contributed by atoms with van der Waals surface area (Å²) in [6, 6.07) is 0. The number of carbonyl (C=O) groups excluding carboxylic acids is 1. The maximum Gasteiger partial charge on any atom is 0.159 e. The zero-order chi connectivity index (χ0) is 22.1. The van der Waals surface area contributed by atoms with Crippen LogP contribution in [0.5, 0.6) is 0 Å². The van der Waals surface area contributed by atoms with E-state index in [1.807, 2.05) is 6.08 Å². The van der Waals surface area contributed by atoms with Crippen LogP contribution < -0.4 is 0 Å². The SMILES string of the molecule is C[C@@H]1C[C@H]1[C@@H](C)CC[C@@H](C)[C@H]1CC[C@H]2[C@@H]3C(=O)C=C4C[C@@H](O)CC[C@]4(C)[C@H]3CC[C@]12C. The summed E-state index contributed by atoms with van der Waals surface area (Å²) >= 11 is 0. The van der Waals surface area contributed by atoms with Gasteiger partial charge in [-0.25, -0.2) is 0 Å². The van der Waals surface area contributed by atoms with E-state index in [0.29, 0.717) is 23.0 Å². The van der Waals surface area contributed by atoms with Gasteiger partial charge >= 0.3 is 0 Å². The molecule has 0 saturated heterocycles. The second kappa shape index (κ2) is 7.71. The Kier molecular flexibility index (Phi) is 5.52. The average molecular weight is 427 g/mol. The van der Waals surface area contributed by atoms with Crippen molar-refractivity contribution >= 4 is 5.78 Å². The van der Waals surface area contributed by atoms with Gasteiger partial charge in [-0.1, -0.05) is 53.0 Å². The van der Waals surface area contributed by atoms with E-state index in [-0.39, 0.29) is 17.4 Å². The third-order valence-corrected chi connectivity index (χ3v) is 11.7. The van der Waals surface area contributed by atoms with Crippen molar-refractivity contribution in [3.8, 4) is 0 Å². The molecule has 31 heavy (non-hydrogen) atoms. The van der Waals surface area contributed by atoms with E-state index < -0.39 is 0 Å². The molecule has 0 amide bonds. The van der Waals surface area contributed by atoms with Crippen LogP contribution in [0.2, 0.25) is 0 Å². The Morgan fingerprint density at radius 2 is 1.74 bits per heavy atom. The highest BCUT2D eigenvalue weighted by Crippen LogP contribution is 2.66. The van der Waals surface area contributed by atoms with Crippen molar-refractivity contribution in [3.63, 3.8) is 0 Å². The normalized spacial score (nSPS) is 50.7. The number of hydrogen-bond acceptors (Lipinski definition) is 2. The first-order valence-corrected chi connectivity index (χ1v) is 13.6. The van der Waals surface area contributed by atoms with Crippen molar-refractivity contribution in [2.24, 2.45) is 58.2 Å². The molecule has 4 fully saturated rings. The van der Waals surface area contributed by atoms with Crippen LogP contribution >= 0.6 is 0 Å². The van der Waals surface area contributed by atoms with E-state index in [1.54, 1.807) is 0 Å². The van der Waals surface area contributed by atoms with Crippen LogP contribution in [0.25, 0.3) is 0 Å². The van der Waals surface area contributed by atoms with E-state index in [1.165, 1.54) is 50.5 Å². The Bertz CT molecular complexity index is 754. The molecule has 174 valence electrons. The van der Waals surface area contributed by atoms with Gasteiger partial charge in [0.2, 0.25) is 0 Å². The van der Waals surface area contributed by atoms with Gasteiger partial charge in [-0.05, 0) is 110 Å². The number of rotatable bonds is 5. The molecule has 2 nitrogen and oxygen atoms in total. The number of carbonyl (C=O) groups is 1. The number of hydrogen-bond donors (Lipinski definition) is 1. The molecule has 0 unspecified atom stereocenters. The molecule has 0 spiro atoms. The Morgan fingerprint density at radius 3 is 2.45 bits per heavy atom. The molecular formula is C29H46O2. The molecular weight excluding hydrogens is 380 g/mol. The van der Waals surface area contributed by atoms with Crippen LogP contribution in [0.3, 0.4) is 0 Å². The largest absolute Gasteiger partial charge is 0.393 e. The lowest BCUT2D eigenvalue weighted by atomic mass is 9.46. The van der Waals surface area contributed by atoms with Gasteiger partial charge in [-0.3, -0.25) is 4.79 Å². The van der Waals surface area contributed by atoms with Crippen LogP contribution in [-0.2, 0) is 4.79 Å². The Hall–Kier alpha value is -0.630. The number of fused-ring (bicyclic) bond motifs is 5. The van der Waals surface area contributed by atoms with E-state index >= 15 is 0 Å². The fraction of sp³-hybridized carbons (Fsp3) is 0.897. The highest BCUT2D eigenvalue weighted by atomic mass is 16.3. The minimum atomic E-state index is -0.240. The molecule has 2 heteroatoms. The van der Waals surface area contributed by atoms with Crippen LogP contribution in [-0.4, -0.2) is 17.0 Å². The highest BCUT2D eigenvalue weighted by molar-refractivity contribution is 5.94. The van der Waals surface area contributed by atoms with Gasteiger partial charge in [-0.2, -0.15) is 0 Å². The Labute approximate surface area is 190 Å².